The lowest BCUT2D eigenvalue weighted by Gasteiger charge is -2.08. The largest absolute Gasteiger partial charge is 0.508 e. The normalized spacial score (nSPS) is 10.3. The molecule has 0 radical (unpaired) electrons. The van der Waals surface area contributed by atoms with Crippen molar-refractivity contribution in [3.8, 4) is 11.5 Å². The summed E-state index contributed by atoms with van der Waals surface area (Å²) in [6.45, 7) is 2.14. The molecule has 0 bridgehead atoms. The number of aryl methyl sites for hydroxylation is 1. The summed E-state index contributed by atoms with van der Waals surface area (Å²) in [5, 5.41) is 9.41. The molecule has 0 heterocycles. The van der Waals surface area contributed by atoms with E-state index >= 15 is 0 Å². The second-order valence-corrected chi connectivity index (χ2v) is 5.05. The molecule has 0 aliphatic carbocycles. The van der Waals surface area contributed by atoms with Crippen molar-refractivity contribution in [2.45, 2.75) is 23.1 Å². The maximum atomic E-state index is 9.41. The molecule has 0 aliphatic rings. The van der Waals surface area contributed by atoms with Gasteiger partial charge < -0.3 is 9.84 Å². The summed E-state index contributed by atoms with van der Waals surface area (Å²) < 4.78 is 5.26. The Balaban J connectivity index is 2.22. The van der Waals surface area contributed by atoms with E-state index in [2.05, 4.69) is 31.2 Å². The van der Waals surface area contributed by atoms with Crippen LogP contribution in [0.1, 0.15) is 12.5 Å². The molecule has 2 nitrogen and oxygen atoms in total. The van der Waals surface area contributed by atoms with Gasteiger partial charge in [0, 0.05) is 11.0 Å². The zero-order chi connectivity index (χ0) is 13.0. The van der Waals surface area contributed by atoms with Gasteiger partial charge in [-0.2, -0.15) is 0 Å². The van der Waals surface area contributed by atoms with Crippen LogP contribution in [-0.4, -0.2) is 12.2 Å². The highest BCUT2D eigenvalue weighted by atomic mass is 32.2. The van der Waals surface area contributed by atoms with E-state index in [0.29, 0.717) is 5.75 Å². The van der Waals surface area contributed by atoms with Crippen LogP contribution in [0.4, 0.5) is 0 Å². The van der Waals surface area contributed by atoms with E-state index in [1.54, 1.807) is 31.0 Å². The van der Waals surface area contributed by atoms with Crippen molar-refractivity contribution in [2.24, 2.45) is 0 Å². The van der Waals surface area contributed by atoms with Crippen molar-refractivity contribution < 1.29 is 9.84 Å². The quantitative estimate of drug-likeness (QED) is 0.897. The van der Waals surface area contributed by atoms with Crippen LogP contribution in [0.15, 0.2) is 52.3 Å². The smallest absolute Gasteiger partial charge is 0.136 e. The molecular weight excluding hydrogens is 244 g/mol. The molecule has 94 valence electrons. The molecule has 0 spiro atoms. The van der Waals surface area contributed by atoms with Gasteiger partial charge in [0.2, 0.25) is 0 Å². The van der Waals surface area contributed by atoms with Crippen molar-refractivity contribution in [1.82, 2.24) is 0 Å². The third-order valence-corrected chi connectivity index (χ3v) is 3.77. The SMILES string of the molecule is CCc1ccc(Sc2ccc(O)cc2OC)cc1. The van der Waals surface area contributed by atoms with E-state index in [1.165, 1.54) is 5.56 Å². The van der Waals surface area contributed by atoms with Gasteiger partial charge in [-0.05, 0) is 36.2 Å². The van der Waals surface area contributed by atoms with Crippen LogP contribution >= 0.6 is 11.8 Å². The molecule has 0 atom stereocenters. The maximum Gasteiger partial charge on any atom is 0.136 e. The van der Waals surface area contributed by atoms with Gasteiger partial charge in [0.15, 0.2) is 0 Å². The Bertz CT molecular complexity index is 521. The molecule has 2 rings (SSSR count). The predicted molar refractivity (Wildman–Crippen MR) is 74.6 cm³/mol. The van der Waals surface area contributed by atoms with Crippen LogP contribution in [0.3, 0.4) is 0 Å². The van der Waals surface area contributed by atoms with Crippen LogP contribution in [0, 0.1) is 0 Å². The summed E-state index contributed by atoms with van der Waals surface area (Å²) >= 11 is 1.63. The fourth-order valence-electron chi connectivity index (χ4n) is 1.66. The minimum atomic E-state index is 0.220. The van der Waals surface area contributed by atoms with Gasteiger partial charge in [-0.3, -0.25) is 0 Å². The summed E-state index contributed by atoms with van der Waals surface area (Å²) in [5.41, 5.74) is 1.33. The van der Waals surface area contributed by atoms with Gasteiger partial charge >= 0.3 is 0 Å². The first-order valence-electron chi connectivity index (χ1n) is 5.86. The third-order valence-electron chi connectivity index (χ3n) is 2.71. The number of hydrogen-bond donors (Lipinski definition) is 1. The van der Waals surface area contributed by atoms with Crippen LogP contribution in [0.25, 0.3) is 0 Å². The first-order valence-corrected chi connectivity index (χ1v) is 6.68. The Kier molecular flexibility index (Phi) is 4.15. The maximum absolute atomic E-state index is 9.41. The monoisotopic (exact) mass is 260 g/mol. The van der Waals surface area contributed by atoms with E-state index in [-0.39, 0.29) is 5.75 Å². The molecule has 0 fully saturated rings. The van der Waals surface area contributed by atoms with Crippen molar-refractivity contribution >= 4 is 11.8 Å². The molecule has 0 unspecified atom stereocenters. The minimum Gasteiger partial charge on any atom is -0.508 e. The summed E-state index contributed by atoms with van der Waals surface area (Å²) in [6.07, 6.45) is 1.05. The summed E-state index contributed by atoms with van der Waals surface area (Å²) in [5.74, 6) is 0.914. The van der Waals surface area contributed by atoms with Gasteiger partial charge in [-0.1, -0.05) is 30.8 Å². The van der Waals surface area contributed by atoms with Crippen LogP contribution in [-0.2, 0) is 6.42 Å². The molecule has 2 aromatic carbocycles. The van der Waals surface area contributed by atoms with E-state index in [4.69, 9.17) is 4.74 Å². The molecule has 0 saturated carbocycles. The number of aromatic hydroxyl groups is 1. The Hall–Kier alpha value is -1.61. The van der Waals surface area contributed by atoms with E-state index in [9.17, 15) is 5.11 Å². The van der Waals surface area contributed by atoms with Gasteiger partial charge in [0.25, 0.3) is 0 Å². The molecule has 18 heavy (non-hydrogen) atoms. The first-order chi connectivity index (χ1) is 8.72. The average molecular weight is 260 g/mol. The lowest BCUT2D eigenvalue weighted by atomic mass is 10.2. The van der Waals surface area contributed by atoms with Gasteiger partial charge in [-0.15, -0.1) is 0 Å². The molecule has 0 saturated heterocycles. The molecule has 0 aromatic heterocycles. The Morgan fingerprint density at radius 3 is 2.44 bits per heavy atom. The molecule has 1 N–H and O–H groups in total. The van der Waals surface area contributed by atoms with Crippen molar-refractivity contribution in [1.29, 1.82) is 0 Å². The minimum absolute atomic E-state index is 0.220. The number of phenols is 1. The lowest BCUT2D eigenvalue weighted by molar-refractivity contribution is 0.398. The van der Waals surface area contributed by atoms with Gasteiger partial charge in [0.1, 0.15) is 11.5 Å². The topological polar surface area (TPSA) is 29.5 Å². The Labute approximate surface area is 112 Å². The standard InChI is InChI=1S/C15H16O2S/c1-3-11-4-7-13(8-5-11)18-15-9-6-12(16)10-14(15)17-2/h4-10,16H,3H2,1-2H3. The first kappa shape index (κ1) is 12.8. The number of phenolic OH excluding ortho intramolecular Hbond substituents is 1. The highest BCUT2D eigenvalue weighted by Gasteiger charge is 2.06. The molecule has 2 aromatic rings. The highest BCUT2D eigenvalue weighted by molar-refractivity contribution is 7.99. The number of ether oxygens (including phenoxy) is 1. The molecule has 0 amide bonds. The van der Waals surface area contributed by atoms with Crippen molar-refractivity contribution in [3.63, 3.8) is 0 Å². The van der Waals surface area contributed by atoms with Gasteiger partial charge in [-0.25, -0.2) is 0 Å². The highest BCUT2D eigenvalue weighted by Crippen LogP contribution is 2.36. The van der Waals surface area contributed by atoms with Crippen LogP contribution in [0.5, 0.6) is 11.5 Å². The number of benzene rings is 2. The second kappa shape index (κ2) is 5.83. The fourth-order valence-corrected chi connectivity index (χ4v) is 2.57. The Morgan fingerprint density at radius 1 is 1.11 bits per heavy atom. The van der Waals surface area contributed by atoms with Crippen LogP contribution in [0.2, 0.25) is 0 Å². The predicted octanol–water partition coefficient (Wildman–Crippen LogP) is 4.11. The second-order valence-electron chi connectivity index (χ2n) is 3.93. The van der Waals surface area contributed by atoms with E-state index in [1.807, 2.05) is 6.07 Å². The average Bonchev–Trinajstić information content (AvgIpc) is 2.41. The number of methoxy groups -OCH3 is 1. The molecule has 3 heteroatoms. The van der Waals surface area contributed by atoms with E-state index in [0.717, 1.165) is 16.2 Å². The summed E-state index contributed by atoms with van der Waals surface area (Å²) in [4.78, 5) is 2.16. The lowest BCUT2D eigenvalue weighted by Crippen LogP contribution is -1.86. The fraction of sp³-hybridized carbons (Fsp3) is 0.200. The van der Waals surface area contributed by atoms with Crippen molar-refractivity contribution in [2.75, 3.05) is 7.11 Å². The third kappa shape index (κ3) is 2.99. The molecular formula is C15H16O2S. The number of rotatable bonds is 4. The van der Waals surface area contributed by atoms with Gasteiger partial charge in [0.05, 0.1) is 12.0 Å². The van der Waals surface area contributed by atoms with E-state index < -0.39 is 0 Å². The summed E-state index contributed by atoms with van der Waals surface area (Å²) in [7, 11) is 1.61. The zero-order valence-electron chi connectivity index (χ0n) is 10.5. The molecule has 0 aliphatic heterocycles. The summed E-state index contributed by atoms with van der Waals surface area (Å²) in [6, 6.07) is 13.6. The van der Waals surface area contributed by atoms with Crippen molar-refractivity contribution in [3.05, 3.63) is 48.0 Å². The zero-order valence-corrected chi connectivity index (χ0v) is 11.3. The number of hydrogen-bond acceptors (Lipinski definition) is 3. The van der Waals surface area contributed by atoms with Crippen LogP contribution < -0.4 is 4.74 Å². The Morgan fingerprint density at radius 2 is 1.83 bits per heavy atom.